The van der Waals surface area contributed by atoms with Crippen molar-refractivity contribution in [2.45, 2.75) is 39.0 Å². The zero-order valence-electron chi connectivity index (χ0n) is 10.4. The van der Waals surface area contributed by atoms with Gasteiger partial charge in [-0.2, -0.15) is 0 Å². The summed E-state index contributed by atoms with van der Waals surface area (Å²) in [4.78, 5) is 21.7. The van der Waals surface area contributed by atoms with E-state index in [9.17, 15) is 14.3 Å². The lowest BCUT2D eigenvalue weighted by molar-refractivity contribution is -0.223. The van der Waals surface area contributed by atoms with E-state index in [1.807, 2.05) is 6.92 Å². The Balaban J connectivity index is 3.25. The summed E-state index contributed by atoms with van der Waals surface area (Å²) in [5, 5.41) is 2.77. The molecule has 0 aromatic heterocycles. The molecule has 0 aromatic carbocycles. The minimum Gasteiger partial charge on any atom is -0.756 e. The zero-order valence-corrected chi connectivity index (χ0v) is 11.3. The highest BCUT2D eigenvalue weighted by atomic mass is 31.2. The van der Waals surface area contributed by atoms with Crippen molar-refractivity contribution in [2.24, 2.45) is 0 Å². The van der Waals surface area contributed by atoms with Gasteiger partial charge in [0.05, 0.1) is 6.61 Å². The number of hydrogen-bond acceptors (Lipinski definition) is 5. The quantitative estimate of drug-likeness (QED) is 0.474. The molecule has 0 spiro atoms. The van der Waals surface area contributed by atoms with Gasteiger partial charge in [-0.15, -0.1) is 0 Å². The highest BCUT2D eigenvalue weighted by molar-refractivity contribution is 7.45. The normalized spacial score (nSPS) is 14.3. The Morgan fingerprint density at radius 2 is 1.94 bits per heavy atom. The van der Waals surface area contributed by atoms with Gasteiger partial charge in [-0.1, -0.05) is 19.8 Å². The number of carbonyl (C=O) groups is 1. The lowest BCUT2D eigenvalue weighted by Gasteiger charge is -2.19. The topological polar surface area (TPSA) is 87.7 Å². The van der Waals surface area contributed by atoms with Crippen molar-refractivity contribution in [1.29, 1.82) is 0 Å². The summed E-state index contributed by atoms with van der Waals surface area (Å²) in [6, 6.07) is 0. The predicted octanol–water partition coefficient (Wildman–Crippen LogP) is 1.20. The summed E-state index contributed by atoms with van der Waals surface area (Å²) < 4.78 is 19.5. The van der Waals surface area contributed by atoms with Gasteiger partial charge in [-0.25, -0.2) is 0 Å². The molecular formula is C10H21NO5P-. The van der Waals surface area contributed by atoms with Crippen molar-refractivity contribution in [3.63, 3.8) is 0 Å². The van der Waals surface area contributed by atoms with E-state index in [0.717, 1.165) is 26.4 Å². The van der Waals surface area contributed by atoms with Crippen LogP contribution in [0.4, 0.5) is 0 Å². The van der Waals surface area contributed by atoms with Crippen molar-refractivity contribution in [3.05, 3.63) is 0 Å². The molecule has 102 valence electrons. The minimum atomic E-state index is -4.06. The summed E-state index contributed by atoms with van der Waals surface area (Å²) >= 11 is 0. The van der Waals surface area contributed by atoms with Gasteiger partial charge in [-0.3, -0.25) is 9.36 Å². The van der Waals surface area contributed by atoms with Crippen LogP contribution in [0.2, 0.25) is 0 Å². The number of carbonyl (C=O) groups excluding carboxylic acids is 1. The monoisotopic (exact) mass is 266 g/mol. The van der Waals surface area contributed by atoms with Crippen LogP contribution in [0.1, 0.15) is 39.0 Å². The molecule has 7 heteroatoms. The largest absolute Gasteiger partial charge is 0.756 e. The van der Waals surface area contributed by atoms with Crippen LogP contribution in [0.15, 0.2) is 0 Å². The fraction of sp³-hybridized carbons (Fsp3) is 0.900. The first-order chi connectivity index (χ1) is 8.02. The van der Waals surface area contributed by atoms with E-state index >= 15 is 0 Å². The standard InChI is InChI=1S/C10H22NO5P/c1-3-10(12)11-8-6-4-5-7-9-16-17(13,14)15-2/h3-9H2,1-2H3,(H,11,12)(H,13,14)/p-1. The molecule has 0 saturated carbocycles. The number of phosphoric acid groups is 1. The molecule has 0 rings (SSSR count). The van der Waals surface area contributed by atoms with E-state index in [-0.39, 0.29) is 12.5 Å². The summed E-state index contributed by atoms with van der Waals surface area (Å²) in [6.45, 7) is 2.63. The molecule has 0 aromatic rings. The zero-order chi connectivity index (χ0) is 13.1. The second-order valence-corrected chi connectivity index (χ2v) is 5.10. The molecule has 1 atom stereocenters. The maximum absolute atomic E-state index is 10.9. The third-order valence-electron chi connectivity index (χ3n) is 2.19. The first-order valence-electron chi connectivity index (χ1n) is 5.80. The van der Waals surface area contributed by atoms with Crippen LogP contribution >= 0.6 is 7.82 Å². The summed E-state index contributed by atoms with van der Waals surface area (Å²) in [7, 11) is -2.99. The maximum atomic E-state index is 10.9. The molecule has 0 saturated heterocycles. The molecule has 0 bridgehead atoms. The molecule has 1 amide bonds. The van der Waals surface area contributed by atoms with Crippen LogP contribution in [0.5, 0.6) is 0 Å². The Kier molecular flexibility index (Phi) is 9.36. The highest BCUT2D eigenvalue weighted by Crippen LogP contribution is 2.36. The Labute approximate surface area is 102 Å². The fourth-order valence-electron chi connectivity index (χ4n) is 1.16. The van der Waals surface area contributed by atoms with Gasteiger partial charge in [-0.05, 0) is 12.8 Å². The summed E-state index contributed by atoms with van der Waals surface area (Å²) in [6.07, 6.45) is 3.86. The number of phosphoric ester groups is 1. The number of rotatable bonds is 10. The maximum Gasteiger partial charge on any atom is 0.267 e. The van der Waals surface area contributed by atoms with Gasteiger partial charge < -0.3 is 19.3 Å². The highest BCUT2D eigenvalue weighted by Gasteiger charge is 2.04. The molecule has 0 aliphatic carbocycles. The molecule has 6 nitrogen and oxygen atoms in total. The van der Waals surface area contributed by atoms with Crippen molar-refractivity contribution >= 4 is 13.7 Å². The first-order valence-corrected chi connectivity index (χ1v) is 7.26. The molecule has 1 N–H and O–H groups in total. The number of unbranched alkanes of at least 4 members (excludes halogenated alkanes) is 3. The van der Waals surface area contributed by atoms with Crippen molar-refractivity contribution in [3.8, 4) is 0 Å². The van der Waals surface area contributed by atoms with E-state index in [1.54, 1.807) is 0 Å². The van der Waals surface area contributed by atoms with E-state index in [1.165, 1.54) is 0 Å². The molecule has 0 aliphatic heterocycles. The second kappa shape index (κ2) is 9.59. The van der Waals surface area contributed by atoms with Gasteiger partial charge in [0.25, 0.3) is 7.82 Å². The lowest BCUT2D eigenvalue weighted by Crippen LogP contribution is -2.23. The fourth-order valence-corrected chi connectivity index (χ4v) is 1.62. The van der Waals surface area contributed by atoms with Gasteiger partial charge in [0, 0.05) is 20.1 Å². The third-order valence-corrected chi connectivity index (χ3v) is 3.13. The van der Waals surface area contributed by atoms with E-state index in [4.69, 9.17) is 0 Å². The van der Waals surface area contributed by atoms with E-state index in [0.29, 0.717) is 19.4 Å². The Morgan fingerprint density at radius 1 is 1.29 bits per heavy atom. The van der Waals surface area contributed by atoms with Gasteiger partial charge in [0.1, 0.15) is 0 Å². The smallest absolute Gasteiger partial charge is 0.267 e. The van der Waals surface area contributed by atoms with Crippen LogP contribution < -0.4 is 10.2 Å². The summed E-state index contributed by atoms with van der Waals surface area (Å²) in [5.74, 6) is 0.0562. The molecule has 0 heterocycles. The van der Waals surface area contributed by atoms with Gasteiger partial charge in [0.15, 0.2) is 0 Å². The van der Waals surface area contributed by atoms with Crippen molar-refractivity contribution in [2.75, 3.05) is 20.3 Å². The van der Waals surface area contributed by atoms with Crippen LogP contribution in [-0.2, 0) is 18.4 Å². The van der Waals surface area contributed by atoms with Crippen LogP contribution in [0, 0.1) is 0 Å². The number of amides is 1. The first kappa shape index (κ1) is 16.6. The van der Waals surface area contributed by atoms with Crippen LogP contribution in [-0.4, -0.2) is 26.2 Å². The predicted molar refractivity (Wildman–Crippen MR) is 62.3 cm³/mol. The van der Waals surface area contributed by atoms with Crippen molar-refractivity contribution < 1.29 is 23.3 Å². The minimum absolute atomic E-state index is 0.0562. The molecule has 0 fully saturated rings. The van der Waals surface area contributed by atoms with E-state index < -0.39 is 7.82 Å². The van der Waals surface area contributed by atoms with Crippen LogP contribution in [0.3, 0.4) is 0 Å². The second-order valence-electron chi connectivity index (χ2n) is 3.58. The Morgan fingerprint density at radius 3 is 2.53 bits per heavy atom. The Hall–Kier alpha value is -0.420. The average Bonchev–Trinajstić information content (AvgIpc) is 2.32. The lowest BCUT2D eigenvalue weighted by atomic mass is 10.2. The van der Waals surface area contributed by atoms with Gasteiger partial charge in [0.2, 0.25) is 5.91 Å². The average molecular weight is 266 g/mol. The molecular weight excluding hydrogens is 245 g/mol. The number of hydrogen-bond donors (Lipinski definition) is 1. The molecule has 0 radical (unpaired) electrons. The molecule has 17 heavy (non-hydrogen) atoms. The third kappa shape index (κ3) is 10.5. The van der Waals surface area contributed by atoms with Gasteiger partial charge >= 0.3 is 0 Å². The molecule has 1 unspecified atom stereocenters. The van der Waals surface area contributed by atoms with Crippen LogP contribution in [0.25, 0.3) is 0 Å². The number of nitrogens with one attached hydrogen (secondary N) is 1. The van der Waals surface area contributed by atoms with E-state index in [2.05, 4.69) is 14.4 Å². The van der Waals surface area contributed by atoms with Crippen molar-refractivity contribution in [1.82, 2.24) is 5.32 Å². The SMILES string of the molecule is CCC(=O)NCCCCCCOP(=O)([O-])OC. The Bertz CT molecular complexity index is 259. The molecule has 0 aliphatic rings. The summed E-state index contributed by atoms with van der Waals surface area (Å²) in [5.41, 5.74) is 0.